The fourth-order valence-electron chi connectivity index (χ4n) is 3.74. The van der Waals surface area contributed by atoms with Gasteiger partial charge in [-0.05, 0) is 56.7 Å². The molecule has 1 unspecified atom stereocenters. The zero-order valence-electron chi connectivity index (χ0n) is 19.0. The highest BCUT2D eigenvalue weighted by molar-refractivity contribution is 5.97. The van der Waals surface area contributed by atoms with E-state index < -0.39 is 5.41 Å². The number of allylic oxidation sites excluding steroid dienone is 2. The third-order valence-corrected chi connectivity index (χ3v) is 5.86. The Balaban J connectivity index is 1.24. The molecule has 0 saturated heterocycles. The first-order chi connectivity index (χ1) is 16.5. The smallest absolute Gasteiger partial charge is 0.234 e. The summed E-state index contributed by atoms with van der Waals surface area (Å²) in [6.07, 6.45) is 9.84. The number of aromatic nitrogens is 4. The third kappa shape index (κ3) is 4.52. The minimum Gasteiger partial charge on any atom is -0.339 e. The lowest BCUT2D eigenvalue weighted by atomic mass is 9.82. The molecule has 0 fully saturated rings. The van der Waals surface area contributed by atoms with Gasteiger partial charge >= 0.3 is 0 Å². The van der Waals surface area contributed by atoms with Gasteiger partial charge in [-0.15, -0.1) is 0 Å². The number of fused-ring (bicyclic) bond motifs is 1. The molecule has 1 amide bonds. The van der Waals surface area contributed by atoms with Crippen LogP contribution < -0.4 is 16.0 Å². The van der Waals surface area contributed by atoms with Crippen LogP contribution in [0.1, 0.15) is 18.9 Å². The van der Waals surface area contributed by atoms with E-state index in [9.17, 15) is 4.79 Å². The van der Waals surface area contributed by atoms with E-state index >= 15 is 0 Å². The van der Waals surface area contributed by atoms with Crippen LogP contribution in [0.25, 0.3) is 10.9 Å². The summed E-state index contributed by atoms with van der Waals surface area (Å²) < 4.78 is 0. The van der Waals surface area contributed by atoms with E-state index in [2.05, 4.69) is 36.1 Å². The van der Waals surface area contributed by atoms with Gasteiger partial charge in [0.1, 0.15) is 5.82 Å². The van der Waals surface area contributed by atoms with Crippen LogP contribution in [-0.4, -0.2) is 26.1 Å². The van der Waals surface area contributed by atoms with E-state index in [1.807, 2.05) is 80.6 Å². The van der Waals surface area contributed by atoms with Gasteiger partial charge in [0, 0.05) is 23.0 Å². The number of H-pyrrole nitrogens is 1. The SMILES string of the molecule is Cc1ccc(NC(=O)C2(C)C=CC(Nc3nccc(Nc4cccc5[nH]ncc45)n3)=CC2)cc1. The number of nitrogens with one attached hydrogen (secondary N) is 4. The molecule has 1 atom stereocenters. The standard InChI is InChI=1S/C26H25N7O/c1-17-6-8-18(9-7-17)29-24(34)26(2)13-10-19(11-14-26)30-25-27-15-12-23(32-25)31-21-4-3-5-22-20(21)16-28-33-22/h3-13,15-16H,14H2,1-2H3,(H,28,33)(H,29,34)(H2,27,30,31,32). The maximum absolute atomic E-state index is 12.9. The molecular weight excluding hydrogens is 426 g/mol. The minimum absolute atomic E-state index is 0.0428. The highest BCUT2D eigenvalue weighted by Gasteiger charge is 2.31. The Hall–Kier alpha value is -4.46. The summed E-state index contributed by atoms with van der Waals surface area (Å²) >= 11 is 0. The highest BCUT2D eigenvalue weighted by atomic mass is 16.2. The monoisotopic (exact) mass is 451 g/mol. The van der Waals surface area contributed by atoms with Crippen LogP contribution in [0.5, 0.6) is 0 Å². The van der Waals surface area contributed by atoms with Gasteiger partial charge in [0.2, 0.25) is 11.9 Å². The third-order valence-electron chi connectivity index (χ3n) is 5.86. The zero-order valence-corrected chi connectivity index (χ0v) is 19.0. The minimum atomic E-state index is -0.635. The quantitative estimate of drug-likeness (QED) is 0.317. The second kappa shape index (κ2) is 8.82. The predicted octanol–water partition coefficient (Wildman–Crippen LogP) is 5.31. The molecule has 2 aromatic heterocycles. The zero-order chi connectivity index (χ0) is 23.5. The summed E-state index contributed by atoms with van der Waals surface area (Å²) in [5, 5.41) is 17.6. The average molecular weight is 452 g/mol. The normalized spacial score (nSPS) is 17.3. The number of amides is 1. The number of nitrogens with zero attached hydrogens (tertiary/aromatic N) is 3. The molecule has 0 spiro atoms. The Kier molecular flexibility index (Phi) is 5.55. The first-order valence-electron chi connectivity index (χ1n) is 11.1. The van der Waals surface area contributed by atoms with Crippen LogP contribution in [-0.2, 0) is 4.79 Å². The number of aromatic amines is 1. The van der Waals surface area contributed by atoms with Crippen molar-refractivity contribution in [2.75, 3.05) is 16.0 Å². The van der Waals surface area contributed by atoms with Gasteiger partial charge in [-0.2, -0.15) is 10.1 Å². The Morgan fingerprint density at radius 1 is 1.09 bits per heavy atom. The van der Waals surface area contributed by atoms with E-state index in [-0.39, 0.29) is 5.91 Å². The van der Waals surface area contributed by atoms with Crippen molar-refractivity contribution < 1.29 is 4.79 Å². The predicted molar refractivity (Wildman–Crippen MR) is 135 cm³/mol. The van der Waals surface area contributed by atoms with Crippen LogP contribution in [0.2, 0.25) is 0 Å². The maximum atomic E-state index is 12.9. The second-order valence-corrected chi connectivity index (χ2v) is 8.59. The molecule has 1 aliphatic carbocycles. The molecule has 170 valence electrons. The molecule has 4 N–H and O–H groups in total. The molecule has 8 nitrogen and oxygen atoms in total. The van der Waals surface area contributed by atoms with Crippen molar-refractivity contribution in [3.63, 3.8) is 0 Å². The van der Waals surface area contributed by atoms with Crippen molar-refractivity contribution in [3.8, 4) is 0 Å². The average Bonchev–Trinajstić information content (AvgIpc) is 3.32. The molecule has 5 rings (SSSR count). The van der Waals surface area contributed by atoms with Gasteiger partial charge in [0.25, 0.3) is 0 Å². The molecular formula is C26H25N7O. The summed E-state index contributed by atoms with van der Waals surface area (Å²) in [4.78, 5) is 21.8. The Bertz CT molecular complexity index is 1400. The van der Waals surface area contributed by atoms with Crippen LogP contribution in [0.4, 0.5) is 23.1 Å². The molecule has 2 aromatic carbocycles. The molecule has 4 aromatic rings. The number of carbonyl (C=O) groups excluding carboxylic acids is 1. The van der Waals surface area contributed by atoms with Gasteiger partial charge in [-0.25, -0.2) is 4.98 Å². The number of hydrogen-bond acceptors (Lipinski definition) is 6. The van der Waals surface area contributed by atoms with Crippen LogP contribution in [0, 0.1) is 12.3 Å². The largest absolute Gasteiger partial charge is 0.339 e. The van der Waals surface area contributed by atoms with Gasteiger partial charge in [0.15, 0.2) is 0 Å². The molecule has 0 bridgehead atoms. The first-order valence-corrected chi connectivity index (χ1v) is 11.1. The number of hydrogen-bond donors (Lipinski definition) is 4. The second-order valence-electron chi connectivity index (χ2n) is 8.59. The number of carbonyl (C=O) groups is 1. The van der Waals surface area contributed by atoms with Crippen LogP contribution >= 0.6 is 0 Å². The molecule has 34 heavy (non-hydrogen) atoms. The number of rotatable bonds is 6. The fraction of sp³-hybridized carbons (Fsp3) is 0.154. The number of anilines is 4. The van der Waals surface area contributed by atoms with Gasteiger partial charge in [-0.1, -0.05) is 35.9 Å². The van der Waals surface area contributed by atoms with E-state index in [0.29, 0.717) is 18.2 Å². The fourth-order valence-corrected chi connectivity index (χ4v) is 3.74. The Morgan fingerprint density at radius 2 is 1.94 bits per heavy atom. The molecule has 0 radical (unpaired) electrons. The topological polar surface area (TPSA) is 108 Å². The molecule has 1 aliphatic rings. The first kappa shape index (κ1) is 21.4. The van der Waals surface area contributed by atoms with Crippen molar-refractivity contribution in [2.24, 2.45) is 5.41 Å². The summed E-state index contributed by atoms with van der Waals surface area (Å²) in [5.41, 5.74) is 4.01. The molecule has 0 aliphatic heterocycles. The Labute approximate surface area is 197 Å². The van der Waals surface area contributed by atoms with Crippen LogP contribution in [0.3, 0.4) is 0 Å². The van der Waals surface area contributed by atoms with Crippen LogP contribution in [0.15, 0.2) is 84.8 Å². The van der Waals surface area contributed by atoms with Crippen molar-refractivity contribution in [3.05, 3.63) is 90.4 Å². The number of aryl methyl sites for hydroxylation is 1. The van der Waals surface area contributed by atoms with E-state index in [0.717, 1.165) is 33.5 Å². The van der Waals surface area contributed by atoms with E-state index in [1.54, 1.807) is 12.4 Å². The lowest BCUT2D eigenvalue weighted by Gasteiger charge is -2.27. The number of benzene rings is 2. The summed E-state index contributed by atoms with van der Waals surface area (Å²) in [6, 6.07) is 15.5. The van der Waals surface area contributed by atoms with Crippen molar-refractivity contribution >= 4 is 40.0 Å². The van der Waals surface area contributed by atoms with Crippen molar-refractivity contribution in [2.45, 2.75) is 20.3 Å². The highest BCUT2D eigenvalue weighted by Crippen LogP contribution is 2.31. The van der Waals surface area contributed by atoms with E-state index in [4.69, 9.17) is 0 Å². The molecule has 2 heterocycles. The van der Waals surface area contributed by atoms with E-state index in [1.165, 1.54) is 0 Å². The van der Waals surface area contributed by atoms with Gasteiger partial charge < -0.3 is 16.0 Å². The summed E-state index contributed by atoms with van der Waals surface area (Å²) in [6.45, 7) is 3.95. The lowest BCUT2D eigenvalue weighted by Crippen LogP contribution is -2.32. The van der Waals surface area contributed by atoms with Gasteiger partial charge in [0.05, 0.1) is 22.8 Å². The van der Waals surface area contributed by atoms with Crippen molar-refractivity contribution in [1.82, 2.24) is 20.2 Å². The lowest BCUT2D eigenvalue weighted by molar-refractivity contribution is -0.122. The van der Waals surface area contributed by atoms with Crippen molar-refractivity contribution in [1.29, 1.82) is 0 Å². The summed E-state index contributed by atoms with van der Waals surface area (Å²) in [7, 11) is 0. The summed E-state index contributed by atoms with van der Waals surface area (Å²) in [5.74, 6) is 1.08. The Morgan fingerprint density at radius 3 is 2.74 bits per heavy atom. The maximum Gasteiger partial charge on any atom is 0.234 e. The molecule has 0 saturated carbocycles. The molecule has 8 heteroatoms. The van der Waals surface area contributed by atoms with Gasteiger partial charge in [-0.3, -0.25) is 9.89 Å².